The van der Waals surface area contributed by atoms with Gasteiger partial charge in [-0.05, 0) is 38.2 Å². The predicted molar refractivity (Wildman–Crippen MR) is 182 cm³/mol. The van der Waals surface area contributed by atoms with Gasteiger partial charge in [0.25, 0.3) is 5.92 Å². The Morgan fingerprint density at radius 3 is 2.08 bits per heavy atom. The summed E-state index contributed by atoms with van der Waals surface area (Å²) in [7, 11) is 3.08. The van der Waals surface area contributed by atoms with Crippen LogP contribution in [-0.2, 0) is 38.3 Å². The molecule has 0 aromatic heterocycles. The minimum Gasteiger partial charge on any atom is -0.460 e. The molecule has 4 atom stereocenters. The van der Waals surface area contributed by atoms with E-state index in [2.05, 4.69) is 5.32 Å². The summed E-state index contributed by atoms with van der Waals surface area (Å²) in [6, 6.07) is 5.96. The number of ether oxygens (including phenoxy) is 1. The molecule has 0 saturated carbocycles. The number of rotatable bonds is 16. The van der Waals surface area contributed by atoms with Crippen molar-refractivity contribution in [1.29, 1.82) is 0 Å². The van der Waals surface area contributed by atoms with Gasteiger partial charge >= 0.3 is 5.97 Å². The van der Waals surface area contributed by atoms with Crippen LogP contribution in [0.4, 0.5) is 8.78 Å². The number of likely N-dealkylation sites (tertiary alicyclic amines) is 1. The summed E-state index contributed by atoms with van der Waals surface area (Å²) in [4.78, 5) is 94.0. The zero-order chi connectivity index (χ0) is 38.2. The maximum Gasteiger partial charge on any atom is 0.307 e. The standard InChI is InChI=1S/C37H53F2N3O8/c1-10-14-24(32(47)27(43)17-18-29(45)40-31(34(49)41(8)9)23-15-12-11-13-16-23)19-28(44)26-21-37(38,39)22-42(26)33(48)25(35(2,3)4)20-30(46)50-36(5,6)7/h11-13,15-16,24-26,31H,10,14,17-22H2,1-9H3,(H,40,45)/t24?,25-,26+,31+/m1/s1. The number of hydrogen-bond acceptors (Lipinski definition) is 8. The fourth-order valence-electron chi connectivity index (χ4n) is 5.91. The number of benzene rings is 1. The van der Waals surface area contributed by atoms with Gasteiger partial charge in [0.15, 0.2) is 11.6 Å². The van der Waals surface area contributed by atoms with Gasteiger partial charge in [0, 0.05) is 45.7 Å². The summed E-state index contributed by atoms with van der Waals surface area (Å²) >= 11 is 0. The van der Waals surface area contributed by atoms with Gasteiger partial charge in [-0.25, -0.2) is 8.78 Å². The van der Waals surface area contributed by atoms with Gasteiger partial charge in [-0.2, -0.15) is 0 Å². The van der Waals surface area contributed by atoms with E-state index in [1.807, 2.05) is 0 Å². The van der Waals surface area contributed by atoms with Crippen LogP contribution in [0.25, 0.3) is 0 Å². The fourth-order valence-corrected chi connectivity index (χ4v) is 5.91. The molecule has 0 radical (unpaired) electrons. The molecule has 1 fully saturated rings. The van der Waals surface area contributed by atoms with E-state index < -0.39 is 114 Å². The molecular weight excluding hydrogens is 652 g/mol. The fraction of sp³-hybridized carbons (Fsp3) is 0.649. The van der Waals surface area contributed by atoms with Gasteiger partial charge in [0.05, 0.1) is 24.9 Å². The molecule has 1 heterocycles. The summed E-state index contributed by atoms with van der Waals surface area (Å²) in [5.74, 6) is -10.7. The first-order valence-corrected chi connectivity index (χ1v) is 17.0. The second kappa shape index (κ2) is 17.3. The molecule has 13 heteroatoms. The number of esters is 1. The number of halogens is 2. The topological polar surface area (TPSA) is 147 Å². The van der Waals surface area contributed by atoms with E-state index >= 15 is 0 Å². The zero-order valence-electron chi connectivity index (χ0n) is 30.8. The Hall–Kier alpha value is -4.03. The van der Waals surface area contributed by atoms with Crippen LogP contribution in [0.1, 0.15) is 105 Å². The first-order valence-electron chi connectivity index (χ1n) is 17.0. The van der Waals surface area contributed by atoms with Crippen molar-refractivity contribution in [3.8, 4) is 0 Å². The Labute approximate surface area is 293 Å². The Morgan fingerprint density at radius 2 is 1.56 bits per heavy atom. The molecule has 3 amide bonds. The highest BCUT2D eigenvalue weighted by atomic mass is 19.3. The minimum absolute atomic E-state index is 0.107. The lowest BCUT2D eigenvalue weighted by Gasteiger charge is -2.35. The quantitative estimate of drug-likeness (QED) is 0.190. The normalized spacial score (nSPS) is 17.7. The Bertz CT molecular complexity index is 1420. The van der Waals surface area contributed by atoms with Crippen LogP contribution >= 0.6 is 0 Å². The number of ketones is 3. The zero-order valence-corrected chi connectivity index (χ0v) is 30.8. The van der Waals surface area contributed by atoms with Crippen LogP contribution < -0.4 is 5.32 Å². The summed E-state index contributed by atoms with van der Waals surface area (Å²) in [5, 5.41) is 2.61. The van der Waals surface area contributed by atoms with Gasteiger partial charge in [0.1, 0.15) is 11.6 Å². The summed E-state index contributed by atoms with van der Waals surface area (Å²) in [5.41, 5.74) is -1.15. The second-order valence-electron chi connectivity index (χ2n) is 15.3. The highest BCUT2D eigenvalue weighted by Gasteiger charge is 2.52. The number of nitrogens with zero attached hydrogens (tertiary/aromatic N) is 2. The van der Waals surface area contributed by atoms with Crippen molar-refractivity contribution in [3.63, 3.8) is 0 Å². The van der Waals surface area contributed by atoms with Crippen LogP contribution in [0.3, 0.4) is 0 Å². The number of hydrogen-bond donors (Lipinski definition) is 1. The Morgan fingerprint density at radius 1 is 0.960 bits per heavy atom. The number of carbonyl (C=O) groups is 7. The molecule has 2 rings (SSSR count). The molecule has 1 aromatic rings. The first kappa shape index (κ1) is 42.1. The lowest BCUT2D eigenvalue weighted by molar-refractivity contribution is -0.161. The van der Waals surface area contributed by atoms with Crippen LogP contribution in [0.15, 0.2) is 30.3 Å². The van der Waals surface area contributed by atoms with Crippen molar-refractivity contribution in [3.05, 3.63) is 35.9 Å². The van der Waals surface area contributed by atoms with E-state index in [1.165, 1.54) is 19.0 Å². The number of nitrogens with one attached hydrogen (secondary N) is 1. The molecule has 1 saturated heterocycles. The maximum absolute atomic E-state index is 14.8. The van der Waals surface area contributed by atoms with Crippen LogP contribution in [0, 0.1) is 17.3 Å². The number of Topliss-reactive ketones (excluding diaryl/α,β-unsaturated/α-hetero) is 3. The second-order valence-corrected chi connectivity index (χ2v) is 15.3. The highest BCUT2D eigenvalue weighted by Crippen LogP contribution is 2.39. The van der Waals surface area contributed by atoms with E-state index in [0.717, 1.165) is 4.90 Å². The third kappa shape index (κ3) is 12.4. The molecule has 0 spiro atoms. The smallest absolute Gasteiger partial charge is 0.307 e. The molecule has 1 unspecified atom stereocenters. The molecule has 1 aromatic carbocycles. The van der Waals surface area contributed by atoms with Crippen LogP contribution in [0.5, 0.6) is 0 Å². The molecule has 0 aliphatic carbocycles. The highest BCUT2D eigenvalue weighted by molar-refractivity contribution is 6.38. The van der Waals surface area contributed by atoms with Gasteiger partial charge in [-0.3, -0.25) is 33.6 Å². The number of amides is 3. The predicted octanol–water partition coefficient (Wildman–Crippen LogP) is 4.86. The molecule has 0 bridgehead atoms. The van der Waals surface area contributed by atoms with Gasteiger partial charge in [-0.15, -0.1) is 0 Å². The van der Waals surface area contributed by atoms with Crippen LogP contribution in [0.2, 0.25) is 0 Å². The average molecular weight is 706 g/mol. The van der Waals surface area contributed by atoms with Gasteiger partial charge < -0.3 is 19.9 Å². The van der Waals surface area contributed by atoms with Crippen molar-refractivity contribution >= 4 is 41.0 Å². The Balaban J connectivity index is 2.18. The first-order chi connectivity index (χ1) is 23.0. The summed E-state index contributed by atoms with van der Waals surface area (Å²) in [6.07, 6.45) is -2.25. The van der Waals surface area contributed by atoms with Gasteiger partial charge in [0.2, 0.25) is 23.5 Å². The van der Waals surface area contributed by atoms with Crippen LogP contribution in [-0.4, -0.2) is 89.0 Å². The Kier molecular flexibility index (Phi) is 14.5. The molecular formula is C37H53F2N3O8. The SMILES string of the molecule is CCCC(CC(=O)[C@@H]1CC(F)(F)CN1C(=O)[C@@H](CC(=O)OC(C)(C)C)C(C)(C)C)C(=O)C(=O)CCC(=O)N[C@H](C(=O)N(C)C)c1ccccc1. The van der Waals surface area contributed by atoms with Gasteiger partial charge in [-0.1, -0.05) is 64.4 Å². The third-order valence-electron chi connectivity index (χ3n) is 8.49. The molecule has 1 N–H and O–H groups in total. The van der Waals surface area contributed by atoms with E-state index in [9.17, 15) is 42.3 Å². The lowest BCUT2D eigenvalue weighted by Crippen LogP contribution is -2.48. The lowest BCUT2D eigenvalue weighted by atomic mass is 9.77. The minimum atomic E-state index is -3.39. The molecule has 1 aliphatic heterocycles. The van der Waals surface area contributed by atoms with Crippen molar-refractivity contribution in [2.75, 3.05) is 20.6 Å². The van der Waals surface area contributed by atoms with E-state index in [0.29, 0.717) is 12.0 Å². The number of likely N-dealkylation sites (N-methyl/N-ethyl adjacent to an activating group) is 1. The molecule has 278 valence electrons. The molecule has 1 aliphatic rings. The van der Waals surface area contributed by atoms with Crippen molar-refractivity contribution < 1.29 is 47.1 Å². The van der Waals surface area contributed by atoms with E-state index in [4.69, 9.17) is 4.74 Å². The monoisotopic (exact) mass is 705 g/mol. The third-order valence-corrected chi connectivity index (χ3v) is 8.49. The van der Waals surface area contributed by atoms with Crippen molar-refractivity contribution in [1.82, 2.24) is 15.1 Å². The number of carbonyl (C=O) groups excluding carboxylic acids is 7. The van der Waals surface area contributed by atoms with E-state index in [1.54, 1.807) is 78.8 Å². The molecule has 11 nitrogen and oxygen atoms in total. The summed E-state index contributed by atoms with van der Waals surface area (Å²) in [6.45, 7) is 10.8. The maximum atomic E-state index is 14.8. The van der Waals surface area contributed by atoms with Crippen molar-refractivity contribution in [2.45, 2.75) is 117 Å². The number of alkyl halides is 2. The molecule has 50 heavy (non-hydrogen) atoms. The summed E-state index contributed by atoms with van der Waals surface area (Å²) < 4.78 is 35.0. The van der Waals surface area contributed by atoms with Crippen molar-refractivity contribution in [2.24, 2.45) is 17.3 Å². The van der Waals surface area contributed by atoms with E-state index in [-0.39, 0.29) is 12.8 Å². The largest absolute Gasteiger partial charge is 0.460 e. The average Bonchev–Trinajstić information content (AvgIpc) is 3.34.